The summed E-state index contributed by atoms with van der Waals surface area (Å²) in [6, 6.07) is 2.53. The molecule has 0 aliphatic carbocycles. The number of fused-ring (bicyclic) bond motifs is 1. The topological polar surface area (TPSA) is 82.2 Å². The number of urea groups is 1. The van der Waals surface area contributed by atoms with Crippen LogP contribution in [0.15, 0.2) is 18.5 Å². The van der Waals surface area contributed by atoms with E-state index in [9.17, 15) is 4.79 Å². The van der Waals surface area contributed by atoms with Crippen molar-refractivity contribution in [2.24, 2.45) is 0 Å². The van der Waals surface area contributed by atoms with Crippen LogP contribution in [0.3, 0.4) is 0 Å². The number of anilines is 1. The summed E-state index contributed by atoms with van der Waals surface area (Å²) in [5.74, 6) is 0.582. The normalized spacial score (nSPS) is 24.5. The highest BCUT2D eigenvalue weighted by Gasteiger charge is 2.36. The van der Waals surface area contributed by atoms with E-state index in [-0.39, 0.29) is 6.03 Å². The highest BCUT2D eigenvalue weighted by Crippen LogP contribution is 2.26. The maximum absolute atomic E-state index is 12.0. The summed E-state index contributed by atoms with van der Waals surface area (Å²) >= 11 is 0. The summed E-state index contributed by atoms with van der Waals surface area (Å²) in [5, 5.41) is 9.08. The number of hydrogen-bond acceptors (Lipinski definition) is 5. The summed E-state index contributed by atoms with van der Waals surface area (Å²) < 4.78 is 0. The van der Waals surface area contributed by atoms with Crippen molar-refractivity contribution < 1.29 is 4.79 Å². The quantitative estimate of drug-likeness (QED) is 0.702. The Morgan fingerprint density at radius 3 is 2.91 bits per heavy atom. The van der Waals surface area contributed by atoms with Crippen LogP contribution in [0.5, 0.6) is 0 Å². The van der Waals surface area contributed by atoms with Crippen LogP contribution >= 0.6 is 0 Å². The number of hydrogen-bond donors (Lipinski definition) is 3. The zero-order chi connectivity index (χ0) is 15.2. The number of nitrogens with zero attached hydrogens (tertiary/aromatic N) is 3. The molecule has 0 spiro atoms. The number of carbonyl (C=O) groups is 1. The van der Waals surface area contributed by atoms with E-state index in [1.807, 2.05) is 0 Å². The number of carbonyl (C=O) groups excluding carboxylic acids is 1. The Labute approximate surface area is 130 Å². The van der Waals surface area contributed by atoms with Crippen molar-refractivity contribution in [3.05, 3.63) is 18.5 Å². The molecule has 120 valence electrons. The first-order valence-corrected chi connectivity index (χ1v) is 8.12. The Kier molecular flexibility index (Phi) is 5.05. The molecule has 0 radical (unpaired) electrons. The monoisotopic (exact) mass is 304 g/mol. The van der Waals surface area contributed by atoms with Crippen molar-refractivity contribution in [2.75, 3.05) is 31.5 Å². The van der Waals surface area contributed by atoms with Gasteiger partial charge < -0.3 is 16.0 Å². The maximum Gasteiger partial charge on any atom is 0.315 e. The molecule has 0 aromatic carbocycles. The second kappa shape index (κ2) is 7.40. The zero-order valence-corrected chi connectivity index (χ0v) is 12.8. The molecule has 1 aromatic heterocycles. The smallest absolute Gasteiger partial charge is 0.315 e. The Balaban J connectivity index is 1.34. The Morgan fingerprint density at radius 2 is 2.05 bits per heavy atom. The highest BCUT2D eigenvalue weighted by atomic mass is 16.2. The predicted octanol–water partition coefficient (Wildman–Crippen LogP) is 0.814. The van der Waals surface area contributed by atoms with Gasteiger partial charge >= 0.3 is 6.03 Å². The molecule has 2 fully saturated rings. The lowest BCUT2D eigenvalue weighted by molar-refractivity contribution is 0.179. The average Bonchev–Trinajstić information content (AvgIpc) is 2.96. The molecule has 2 aliphatic rings. The molecular formula is C15H24N6O. The van der Waals surface area contributed by atoms with Gasteiger partial charge in [-0.1, -0.05) is 6.42 Å². The van der Waals surface area contributed by atoms with Crippen molar-refractivity contribution in [1.82, 2.24) is 25.5 Å². The Hall–Kier alpha value is -1.89. The van der Waals surface area contributed by atoms with Crippen LogP contribution in [0.4, 0.5) is 10.7 Å². The van der Waals surface area contributed by atoms with Crippen LogP contribution in [-0.4, -0.2) is 59.2 Å². The van der Waals surface area contributed by atoms with Gasteiger partial charge in [-0.05, 0) is 31.9 Å². The summed E-state index contributed by atoms with van der Waals surface area (Å²) in [5.41, 5.74) is 0. The van der Waals surface area contributed by atoms with E-state index in [2.05, 4.69) is 30.8 Å². The van der Waals surface area contributed by atoms with Gasteiger partial charge in [0.25, 0.3) is 0 Å². The van der Waals surface area contributed by atoms with Gasteiger partial charge in [0, 0.05) is 44.1 Å². The molecule has 7 nitrogen and oxygen atoms in total. The first-order valence-electron chi connectivity index (χ1n) is 8.12. The summed E-state index contributed by atoms with van der Waals surface area (Å²) in [6.07, 6.45) is 8.22. The number of nitrogens with one attached hydrogen (secondary N) is 3. The van der Waals surface area contributed by atoms with Crippen LogP contribution < -0.4 is 16.0 Å². The summed E-state index contributed by atoms with van der Waals surface area (Å²) in [6.45, 7) is 3.46. The van der Waals surface area contributed by atoms with Crippen molar-refractivity contribution in [3.8, 4) is 0 Å². The van der Waals surface area contributed by atoms with Crippen molar-refractivity contribution in [3.63, 3.8) is 0 Å². The van der Waals surface area contributed by atoms with Crippen LogP contribution in [-0.2, 0) is 0 Å². The molecule has 2 amide bonds. The van der Waals surface area contributed by atoms with Crippen molar-refractivity contribution in [2.45, 2.75) is 37.8 Å². The number of amides is 2. The minimum atomic E-state index is -0.0757. The van der Waals surface area contributed by atoms with Gasteiger partial charge in [0.1, 0.15) is 0 Å². The molecule has 0 unspecified atom stereocenters. The van der Waals surface area contributed by atoms with E-state index in [0.717, 1.165) is 13.0 Å². The molecule has 1 aromatic rings. The molecule has 3 N–H and O–H groups in total. The third kappa shape index (κ3) is 3.85. The molecule has 22 heavy (non-hydrogen) atoms. The molecule has 2 atom stereocenters. The Morgan fingerprint density at radius 1 is 1.18 bits per heavy atom. The van der Waals surface area contributed by atoms with Crippen LogP contribution in [0.1, 0.15) is 25.7 Å². The SMILES string of the molecule is O=C(NCCNc1ncccn1)N[C@H]1CCN2CCCC[C@H]12. The van der Waals surface area contributed by atoms with Gasteiger partial charge in [-0.2, -0.15) is 0 Å². The van der Waals surface area contributed by atoms with Crippen LogP contribution in [0.25, 0.3) is 0 Å². The van der Waals surface area contributed by atoms with Gasteiger partial charge in [-0.3, -0.25) is 4.90 Å². The minimum absolute atomic E-state index is 0.0757. The van der Waals surface area contributed by atoms with Gasteiger partial charge in [0.15, 0.2) is 0 Å². The molecule has 0 bridgehead atoms. The van der Waals surface area contributed by atoms with E-state index >= 15 is 0 Å². The fourth-order valence-electron chi connectivity index (χ4n) is 3.38. The molecule has 2 aliphatic heterocycles. The first kappa shape index (κ1) is 15.0. The van der Waals surface area contributed by atoms with Gasteiger partial charge in [-0.25, -0.2) is 14.8 Å². The van der Waals surface area contributed by atoms with E-state index in [1.54, 1.807) is 18.5 Å². The molecule has 3 rings (SSSR count). The number of aromatic nitrogens is 2. The lowest BCUT2D eigenvalue weighted by Gasteiger charge is -2.32. The van der Waals surface area contributed by atoms with Crippen molar-refractivity contribution >= 4 is 12.0 Å². The van der Waals surface area contributed by atoms with Gasteiger partial charge in [0.05, 0.1) is 0 Å². The number of rotatable bonds is 5. The Bertz CT molecular complexity index is 482. The standard InChI is InChI=1S/C15H24N6O/c22-15(19-9-8-18-14-16-6-3-7-17-14)20-12-5-11-21-10-2-1-4-13(12)21/h3,6-7,12-13H,1-2,4-5,8-11H2,(H,16,17,18)(H2,19,20,22)/t12-,13+/m0/s1. The second-order valence-electron chi connectivity index (χ2n) is 5.89. The third-order valence-corrected chi connectivity index (χ3v) is 4.43. The van der Waals surface area contributed by atoms with Gasteiger partial charge in [0.2, 0.25) is 5.95 Å². The summed E-state index contributed by atoms with van der Waals surface area (Å²) in [7, 11) is 0. The van der Waals surface area contributed by atoms with Crippen LogP contribution in [0, 0.1) is 0 Å². The highest BCUT2D eigenvalue weighted by molar-refractivity contribution is 5.74. The fourth-order valence-corrected chi connectivity index (χ4v) is 3.38. The maximum atomic E-state index is 12.0. The average molecular weight is 304 g/mol. The lowest BCUT2D eigenvalue weighted by atomic mass is 9.99. The molecule has 2 saturated heterocycles. The van der Waals surface area contributed by atoms with Crippen LogP contribution in [0.2, 0.25) is 0 Å². The van der Waals surface area contributed by atoms with E-state index in [1.165, 1.54) is 25.8 Å². The minimum Gasteiger partial charge on any atom is -0.352 e. The molecular weight excluding hydrogens is 280 g/mol. The fraction of sp³-hybridized carbons (Fsp3) is 0.667. The molecule has 7 heteroatoms. The van der Waals surface area contributed by atoms with Crippen molar-refractivity contribution in [1.29, 1.82) is 0 Å². The lowest BCUT2D eigenvalue weighted by Crippen LogP contribution is -2.50. The first-order chi connectivity index (χ1) is 10.8. The van der Waals surface area contributed by atoms with E-state index in [0.29, 0.717) is 31.1 Å². The molecule has 3 heterocycles. The molecule has 0 saturated carbocycles. The summed E-state index contributed by atoms with van der Waals surface area (Å²) in [4.78, 5) is 22.6. The largest absolute Gasteiger partial charge is 0.352 e. The van der Waals surface area contributed by atoms with E-state index < -0.39 is 0 Å². The number of piperidine rings is 1. The van der Waals surface area contributed by atoms with Gasteiger partial charge in [-0.15, -0.1) is 0 Å². The zero-order valence-electron chi connectivity index (χ0n) is 12.8. The second-order valence-corrected chi connectivity index (χ2v) is 5.89. The van der Waals surface area contributed by atoms with E-state index in [4.69, 9.17) is 0 Å². The third-order valence-electron chi connectivity index (χ3n) is 4.43. The predicted molar refractivity (Wildman–Crippen MR) is 84.7 cm³/mol.